The van der Waals surface area contributed by atoms with E-state index in [0.717, 1.165) is 39.8 Å². The van der Waals surface area contributed by atoms with Crippen LogP contribution in [0.4, 0.5) is 5.69 Å². The van der Waals surface area contributed by atoms with E-state index in [9.17, 15) is 0 Å². The number of para-hydroxylation sites is 2. The highest BCUT2D eigenvalue weighted by molar-refractivity contribution is 6.09. The molecule has 0 radical (unpaired) electrons. The Labute approximate surface area is 192 Å². The fourth-order valence-electron chi connectivity index (χ4n) is 4.83. The maximum atomic E-state index is 7.25. The van der Waals surface area contributed by atoms with Gasteiger partial charge in [0.1, 0.15) is 0 Å². The highest BCUT2D eigenvalue weighted by atomic mass is 15.0. The molecule has 0 aliphatic rings. The molecule has 0 bridgehead atoms. The molecule has 0 amide bonds. The van der Waals surface area contributed by atoms with Gasteiger partial charge in [-0.05, 0) is 48.4 Å². The molecule has 0 N–H and O–H groups in total. The zero-order valence-corrected chi connectivity index (χ0v) is 18.3. The summed E-state index contributed by atoms with van der Waals surface area (Å²) in [5.41, 5.74) is 8.40. The van der Waals surface area contributed by atoms with Gasteiger partial charge in [0.15, 0.2) is 5.69 Å². The van der Waals surface area contributed by atoms with Crippen molar-refractivity contribution in [1.29, 1.82) is 0 Å². The van der Waals surface area contributed by atoms with Crippen molar-refractivity contribution in [2.24, 2.45) is 0 Å². The van der Waals surface area contributed by atoms with Gasteiger partial charge in [-0.2, -0.15) is 0 Å². The van der Waals surface area contributed by atoms with Gasteiger partial charge in [0.05, 0.1) is 17.8 Å². The SMILES string of the molecule is [C-]#[N+]c1ccc(-c2cc(-c3ccc4c(c3)c3ccccc3n4CC)nc3ccccc23)cc1. The second-order valence-corrected chi connectivity index (χ2v) is 8.22. The molecule has 3 nitrogen and oxygen atoms in total. The molecule has 0 saturated heterocycles. The zero-order chi connectivity index (χ0) is 22.4. The molecule has 6 rings (SSSR count). The Morgan fingerprint density at radius 3 is 2.21 bits per heavy atom. The van der Waals surface area contributed by atoms with Gasteiger partial charge < -0.3 is 4.57 Å². The van der Waals surface area contributed by atoms with E-state index in [1.807, 2.05) is 36.4 Å². The molecule has 156 valence electrons. The van der Waals surface area contributed by atoms with Gasteiger partial charge in [0.2, 0.25) is 0 Å². The second kappa shape index (κ2) is 7.62. The highest BCUT2D eigenvalue weighted by Crippen LogP contribution is 2.36. The number of fused-ring (bicyclic) bond motifs is 4. The van der Waals surface area contributed by atoms with E-state index in [1.165, 1.54) is 21.8 Å². The summed E-state index contributed by atoms with van der Waals surface area (Å²) in [6, 6.07) is 33.5. The van der Waals surface area contributed by atoms with Crippen LogP contribution in [0.1, 0.15) is 6.92 Å². The summed E-state index contributed by atoms with van der Waals surface area (Å²) >= 11 is 0. The fourth-order valence-corrected chi connectivity index (χ4v) is 4.83. The van der Waals surface area contributed by atoms with E-state index in [1.54, 1.807) is 0 Å². The highest BCUT2D eigenvalue weighted by Gasteiger charge is 2.13. The van der Waals surface area contributed by atoms with Crippen molar-refractivity contribution in [3.63, 3.8) is 0 Å². The van der Waals surface area contributed by atoms with Gasteiger partial charge in [-0.25, -0.2) is 9.83 Å². The van der Waals surface area contributed by atoms with Crippen LogP contribution in [0.25, 0.3) is 59.9 Å². The van der Waals surface area contributed by atoms with Gasteiger partial charge in [0, 0.05) is 39.3 Å². The number of aryl methyl sites for hydroxylation is 1. The molecule has 0 fully saturated rings. The van der Waals surface area contributed by atoms with Crippen molar-refractivity contribution >= 4 is 38.4 Å². The van der Waals surface area contributed by atoms with Crippen LogP contribution in [0.2, 0.25) is 0 Å². The summed E-state index contributed by atoms with van der Waals surface area (Å²) in [6.45, 7) is 10.4. The van der Waals surface area contributed by atoms with Crippen LogP contribution in [-0.2, 0) is 6.54 Å². The smallest absolute Gasteiger partial charge is 0.187 e. The Morgan fingerprint density at radius 2 is 1.42 bits per heavy atom. The van der Waals surface area contributed by atoms with E-state index in [0.29, 0.717) is 5.69 Å². The largest absolute Gasteiger partial charge is 0.341 e. The molecule has 0 aliphatic heterocycles. The first-order valence-corrected chi connectivity index (χ1v) is 11.2. The first-order valence-electron chi connectivity index (χ1n) is 11.2. The average Bonchev–Trinajstić information content (AvgIpc) is 3.21. The molecule has 0 aliphatic carbocycles. The number of benzene rings is 4. The maximum Gasteiger partial charge on any atom is 0.187 e. The lowest BCUT2D eigenvalue weighted by atomic mass is 9.97. The predicted molar refractivity (Wildman–Crippen MR) is 138 cm³/mol. The van der Waals surface area contributed by atoms with Crippen LogP contribution >= 0.6 is 0 Å². The van der Waals surface area contributed by atoms with Crippen molar-refractivity contribution in [3.05, 3.63) is 108 Å². The van der Waals surface area contributed by atoms with E-state index in [4.69, 9.17) is 11.6 Å². The van der Waals surface area contributed by atoms with E-state index in [2.05, 4.69) is 77.0 Å². The predicted octanol–water partition coefficient (Wildman–Crippen LogP) is 8.25. The number of nitrogens with zero attached hydrogens (tertiary/aromatic N) is 3. The number of pyridine rings is 1. The summed E-state index contributed by atoms with van der Waals surface area (Å²) < 4.78 is 2.37. The van der Waals surface area contributed by atoms with Crippen LogP contribution in [0.5, 0.6) is 0 Å². The first-order chi connectivity index (χ1) is 16.3. The molecule has 0 atom stereocenters. The minimum Gasteiger partial charge on any atom is -0.341 e. The molecule has 0 unspecified atom stereocenters. The number of aromatic nitrogens is 2. The Kier molecular flexibility index (Phi) is 4.45. The molecule has 3 heteroatoms. The maximum absolute atomic E-state index is 7.25. The zero-order valence-electron chi connectivity index (χ0n) is 18.3. The molecule has 0 spiro atoms. The van der Waals surface area contributed by atoms with E-state index < -0.39 is 0 Å². The van der Waals surface area contributed by atoms with Gasteiger partial charge >= 0.3 is 0 Å². The van der Waals surface area contributed by atoms with Crippen molar-refractivity contribution in [3.8, 4) is 22.4 Å². The van der Waals surface area contributed by atoms with Crippen LogP contribution in [0, 0.1) is 6.57 Å². The minimum absolute atomic E-state index is 0.648. The van der Waals surface area contributed by atoms with Crippen molar-refractivity contribution in [1.82, 2.24) is 9.55 Å². The third-order valence-electron chi connectivity index (χ3n) is 6.41. The molecule has 2 aromatic heterocycles. The summed E-state index contributed by atoms with van der Waals surface area (Å²) in [4.78, 5) is 8.56. The third kappa shape index (κ3) is 3.08. The molecule has 6 aromatic rings. The number of hydrogen-bond acceptors (Lipinski definition) is 1. The fraction of sp³-hybridized carbons (Fsp3) is 0.0667. The lowest BCUT2D eigenvalue weighted by Crippen LogP contribution is -1.93. The Morgan fingerprint density at radius 1 is 0.727 bits per heavy atom. The Bertz CT molecular complexity index is 1700. The van der Waals surface area contributed by atoms with Gasteiger partial charge in [-0.3, -0.25) is 0 Å². The van der Waals surface area contributed by atoms with Gasteiger partial charge in [-0.1, -0.05) is 66.7 Å². The van der Waals surface area contributed by atoms with Crippen LogP contribution in [0.15, 0.2) is 97.1 Å². The van der Waals surface area contributed by atoms with Gasteiger partial charge in [0.25, 0.3) is 0 Å². The Balaban J connectivity index is 1.60. The number of rotatable bonds is 3. The van der Waals surface area contributed by atoms with Crippen LogP contribution in [0.3, 0.4) is 0 Å². The molecule has 2 heterocycles. The molecule has 4 aromatic carbocycles. The normalized spacial score (nSPS) is 11.3. The topological polar surface area (TPSA) is 22.2 Å². The summed E-state index contributed by atoms with van der Waals surface area (Å²) in [6.07, 6.45) is 0. The summed E-state index contributed by atoms with van der Waals surface area (Å²) in [5.74, 6) is 0. The van der Waals surface area contributed by atoms with Crippen molar-refractivity contribution in [2.75, 3.05) is 0 Å². The van der Waals surface area contributed by atoms with Crippen LogP contribution < -0.4 is 0 Å². The molecule has 0 saturated carbocycles. The minimum atomic E-state index is 0.648. The lowest BCUT2D eigenvalue weighted by Gasteiger charge is -2.11. The second-order valence-electron chi connectivity index (χ2n) is 8.22. The quantitative estimate of drug-likeness (QED) is 0.263. The molecular formula is C30H21N3. The Hall–Kier alpha value is -4.42. The van der Waals surface area contributed by atoms with E-state index in [-0.39, 0.29) is 0 Å². The third-order valence-corrected chi connectivity index (χ3v) is 6.41. The average molecular weight is 424 g/mol. The van der Waals surface area contributed by atoms with Crippen LogP contribution in [-0.4, -0.2) is 9.55 Å². The van der Waals surface area contributed by atoms with Crippen molar-refractivity contribution in [2.45, 2.75) is 13.5 Å². The van der Waals surface area contributed by atoms with Gasteiger partial charge in [-0.15, -0.1) is 0 Å². The van der Waals surface area contributed by atoms with Crippen molar-refractivity contribution < 1.29 is 0 Å². The monoisotopic (exact) mass is 423 g/mol. The van der Waals surface area contributed by atoms with E-state index >= 15 is 0 Å². The summed E-state index contributed by atoms with van der Waals surface area (Å²) in [5, 5.41) is 3.63. The first kappa shape index (κ1) is 19.3. The standard InChI is InChI=1S/C30H21N3/c1-3-33-29-11-7-5-9-24(29)26-18-21(14-17-30(26)33)28-19-25(20-12-15-22(31-2)16-13-20)23-8-4-6-10-27(23)32-28/h4-19H,3H2,1H3. The molecule has 33 heavy (non-hydrogen) atoms. The number of hydrogen-bond donors (Lipinski definition) is 0. The molecular weight excluding hydrogens is 402 g/mol. The lowest BCUT2D eigenvalue weighted by molar-refractivity contribution is 0.827. The summed E-state index contributed by atoms with van der Waals surface area (Å²) in [7, 11) is 0.